The predicted molar refractivity (Wildman–Crippen MR) is 140 cm³/mol. The Hall–Kier alpha value is -3.48. The minimum absolute atomic E-state index is 0.0269. The molecule has 3 heterocycles. The first-order chi connectivity index (χ1) is 17.0. The Morgan fingerprint density at radius 3 is 2.69 bits per heavy atom. The van der Waals surface area contributed by atoms with Gasteiger partial charge in [-0.2, -0.15) is 5.10 Å². The zero-order valence-corrected chi connectivity index (χ0v) is 22.3. The molecule has 2 aliphatic rings. The second-order valence-electron chi connectivity index (χ2n) is 8.33. The molecule has 5 rings (SSSR count). The summed E-state index contributed by atoms with van der Waals surface area (Å²) >= 11 is 6.15. The molecule has 1 aliphatic carbocycles. The van der Waals surface area contributed by atoms with Crippen molar-refractivity contribution in [3.05, 3.63) is 60.5 Å². The first kappa shape index (κ1) is 24.2. The minimum atomic E-state index is -1.57. The summed E-state index contributed by atoms with van der Waals surface area (Å²) in [7, 11) is 0. The summed E-state index contributed by atoms with van der Waals surface area (Å²) in [5.74, 6) is -2.37. The van der Waals surface area contributed by atoms with Crippen molar-refractivity contribution in [3.8, 4) is 28.5 Å². The van der Waals surface area contributed by atoms with Gasteiger partial charge in [-0.3, -0.25) is 15.0 Å². The molecule has 1 aromatic carbocycles. The third-order valence-electron chi connectivity index (χ3n) is 6.11. The van der Waals surface area contributed by atoms with Gasteiger partial charge in [-0.05, 0) is 48.8 Å². The highest BCUT2D eigenvalue weighted by Crippen LogP contribution is 2.60. The van der Waals surface area contributed by atoms with Crippen LogP contribution in [0.25, 0.3) is 11.3 Å². The molecule has 9 nitrogen and oxygen atoms in total. The number of aliphatic hydroxyl groups is 1. The van der Waals surface area contributed by atoms with E-state index in [0.717, 1.165) is 8.66 Å². The molecule has 12 heteroatoms. The number of aliphatic hydroxyl groups excluding tert-OH is 1. The van der Waals surface area contributed by atoms with E-state index in [1.807, 2.05) is 12.1 Å². The van der Waals surface area contributed by atoms with Gasteiger partial charge in [0.1, 0.15) is 39.8 Å². The lowest BCUT2D eigenvalue weighted by Crippen LogP contribution is -2.38. The number of anilines is 1. The molecular weight excluding hydrogens is 570 g/mol. The van der Waals surface area contributed by atoms with Gasteiger partial charge in [-0.1, -0.05) is 0 Å². The van der Waals surface area contributed by atoms with Crippen LogP contribution >= 0.6 is 38.6 Å². The number of phenolic OH excluding ortho intramolecular Hbond substituents is 2. The van der Waals surface area contributed by atoms with E-state index in [9.17, 15) is 24.9 Å². The Morgan fingerprint density at radius 2 is 2.03 bits per heavy atom. The van der Waals surface area contributed by atoms with Crippen molar-refractivity contribution in [1.29, 1.82) is 0 Å². The number of hydrogen-bond donors (Lipinski definition) is 4. The molecule has 184 valence electrons. The lowest BCUT2D eigenvalue weighted by Gasteiger charge is -2.28. The maximum absolute atomic E-state index is 13.4. The van der Waals surface area contributed by atoms with Crippen LogP contribution in [0.3, 0.4) is 0 Å². The predicted octanol–water partition coefficient (Wildman–Crippen LogP) is 5.32. The Bertz CT molecular complexity index is 1570. The number of benzene rings is 1. The van der Waals surface area contributed by atoms with Crippen molar-refractivity contribution < 1.29 is 29.6 Å². The van der Waals surface area contributed by atoms with Gasteiger partial charge in [0.25, 0.3) is 0 Å². The zero-order valence-electron chi connectivity index (χ0n) is 19.0. The zero-order chi connectivity index (χ0) is 25.9. The van der Waals surface area contributed by atoms with Crippen molar-refractivity contribution in [3.63, 3.8) is 0 Å². The topological polar surface area (TPSA) is 141 Å². The molecule has 0 spiro atoms. The number of nitrogens with one attached hydrogen (secondary N) is 1. The summed E-state index contributed by atoms with van der Waals surface area (Å²) in [4.78, 5) is 30.9. The average Bonchev–Trinajstić information content (AvgIpc) is 3.51. The van der Waals surface area contributed by atoms with E-state index >= 15 is 0 Å². The monoisotopic (exact) mass is 587 g/mol. The Labute approximate surface area is 221 Å². The molecule has 0 bridgehead atoms. The SMILES string of the molecule is CC(=O)C1=C(O)C=C2Oc3c(-c4csc(N/N=C/c5ccc(Br)s5)n4)c(O)c(C)c(O)c3[C@@]2(C)C1=O. The van der Waals surface area contributed by atoms with E-state index in [4.69, 9.17) is 4.74 Å². The number of fused-ring (bicyclic) bond motifs is 3. The van der Waals surface area contributed by atoms with Crippen molar-refractivity contribution >= 4 is 61.5 Å². The van der Waals surface area contributed by atoms with Crippen molar-refractivity contribution in [1.82, 2.24) is 4.98 Å². The number of aromatic nitrogens is 1. The van der Waals surface area contributed by atoms with E-state index in [-0.39, 0.29) is 45.3 Å². The van der Waals surface area contributed by atoms with Crippen LogP contribution in [0.1, 0.15) is 29.9 Å². The summed E-state index contributed by atoms with van der Waals surface area (Å²) in [6.07, 6.45) is 2.84. The summed E-state index contributed by atoms with van der Waals surface area (Å²) in [6.45, 7) is 4.19. The van der Waals surface area contributed by atoms with Crippen molar-refractivity contribution in [2.75, 3.05) is 5.43 Å². The van der Waals surface area contributed by atoms with Crippen LogP contribution in [0, 0.1) is 6.92 Å². The number of allylic oxidation sites excluding steroid dienone is 3. The summed E-state index contributed by atoms with van der Waals surface area (Å²) < 4.78 is 6.94. The van der Waals surface area contributed by atoms with Crippen LogP contribution in [0.15, 0.2) is 49.6 Å². The number of Topliss-reactive ketones (excluding diaryl/α,β-unsaturated/α-hetero) is 2. The number of phenols is 2. The van der Waals surface area contributed by atoms with E-state index in [1.165, 1.54) is 49.5 Å². The van der Waals surface area contributed by atoms with Gasteiger partial charge >= 0.3 is 0 Å². The number of hydrazone groups is 1. The van der Waals surface area contributed by atoms with Gasteiger partial charge < -0.3 is 20.1 Å². The second kappa shape index (κ2) is 8.57. The average molecular weight is 588 g/mol. The lowest BCUT2D eigenvalue weighted by atomic mass is 9.71. The van der Waals surface area contributed by atoms with E-state index < -0.39 is 22.7 Å². The van der Waals surface area contributed by atoms with Crippen LogP contribution in [0.2, 0.25) is 0 Å². The van der Waals surface area contributed by atoms with Gasteiger partial charge in [0.2, 0.25) is 5.13 Å². The smallest absolute Gasteiger partial charge is 0.203 e. The molecule has 3 aromatic rings. The van der Waals surface area contributed by atoms with Crippen molar-refractivity contribution in [2.45, 2.75) is 26.2 Å². The number of rotatable bonds is 5. The molecule has 2 aromatic heterocycles. The molecule has 0 saturated heterocycles. The summed E-state index contributed by atoms with van der Waals surface area (Å²) in [6, 6.07) is 3.82. The first-order valence-corrected chi connectivity index (χ1v) is 13.0. The van der Waals surface area contributed by atoms with Gasteiger partial charge in [0.15, 0.2) is 11.6 Å². The largest absolute Gasteiger partial charge is 0.507 e. The number of ether oxygens (including phenoxy) is 1. The molecule has 1 atom stereocenters. The van der Waals surface area contributed by atoms with Gasteiger partial charge in [-0.15, -0.1) is 22.7 Å². The van der Waals surface area contributed by atoms with E-state index in [0.29, 0.717) is 10.8 Å². The Kier molecular flexibility index (Phi) is 5.77. The number of thiophene rings is 1. The van der Waals surface area contributed by atoms with Gasteiger partial charge in [-0.25, -0.2) is 4.98 Å². The first-order valence-electron chi connectivity index (χ1n) is 10.5. The fraction of sp³-hybridized carbons (Fsp3) is 0.167. The lowest BCUT2D eigenvalue weighted by molar-refractivity contribution is -0.123. The maximum atomic E-state index is 13.4. The molecule has 36 heavy (non-hydrogen) atoms. The molecular formula is C24H18BrN3O6S2. The molecule has 0 fully saturated rings. The van der Waals surface area contributed by atoms with Crippen LogP contribution in [-0.4, -0.2) is 38.1 Å². The quantitative estimate of drug-likeness (QED) is 0.178. The van der Waals surface area contributed by atoms with E-state index in [1.54, 1.807) is 11.6 Å². The number of carbonyl (C=O) groups is 2. The third kappa shape index (κ3) is 3.55. The summed E-state index contributed by atoms with van der Waals surface area (Å²) in [5.41, 5.74) is 1.61. The van der Waals surface area contributed by atoms with Crippen LogP contribution in [0.4, 0.5) is 5.13 Å². The molecule has 4 N–H and O–H groups in total. The summed E-state index contributed by atoms with van der Waals surface area (Å²) in [5, 5.41) is 38.6. The van der Waals surface area contributed by atoms with Gasteiger partial charge in [0.05, 0.1) is 26.8 Å². The highest BCUT2D eigenvalue weighted by atomic mass is 79.9. The molecule has 0 unspecified atom stereocenters. The second-order valence-corrected chi connectivity index (χ2v) is 11.7. The van der Waals surface area contributed by atoms with Crippen molar-refractivity contribution in [2.24, 2.45) is 5.10 Å². The fourth-order valence-corrected chi connectivity index (χ4v) is 6.20. The number of thiazole rings is 1. The normalized spacial score (nSPS) is 18.8. The Morgan fingerprint density at radius 1 is 1.28 bits per heavy atom. The third-order valence-corrected chi connectivity index (χ3v) is 8.41. The number of aromatic hydroxyl groups is 2. The van der Waals surface area contributed by atoms with Gasteiger partial charge in [0, 0.05) is 21.9 Å². The number of hydrogen-bond acceptors (Lipinski definition) is 11. The Balaban J connectivity index is 1.58. The standard InChI is InChI=1S/C24H18BrN3O6S2/c1-9-19(31)17(12-8-35-23(27-12)28-26-7-11-4-5-15(25)36-11)21-18(20(9)32)24(3)14(34-21)6-13(30)16(10(2)29)22(24)33/h4-8,30-32H,1-3H3,(H,27,28)/b26-7+/t24-/m0/s1. The minimum Gasteiger partial charge on any atom is -0.507 e. The highest BCUT2D eigenvalue weighted by molar-refractivity contribution is 9.11. The molecule has 0 saturated carbocycles. The molecule has 0 radical (unpaired) electrons. The number of nitrogens with zero attached hydrogens (tertiary/aromatic N) is 2. The molecule has 1 aliphatic heterocycles. The highest BCUT2D eigenvalue weighted by Gasteiger charge is 2.55. The number of halogens is 1. The fourth-order valence-electron chi connectivity index (χ4n) is 4.26. The number of carbonyl (C=O) groups excluding carboxylic acids is 2. The van der Waals surface area contributed by atoms with Crippen LogP contribution in [-0.2, 0) is 15.0 Å². The number of ketones is 2. The maximum Gasteiger partial charge on any atom is 0.203 e. The molecule has 0 amide bonds. The van der Waals surface area contributed by atoms with Crippen LogP contribution in [0.5, 0.6) is 17.2 Å². The van der Waals surface area contributed by atoms with Crippen LogP contribution < -0.4 is 10.2 Å². The van der Waals surface area contributed by atoms with E-state index in [2.05, 4.69) is 31.4 Å².